The summed E-state index contributed by atoms with van der Waals surface area (Å²) >= 11 is 1.56. The van der Waals surface area contributed by atoms with Crippen molar-refractivity contribution in [1.82, 2.24) is 9.97 Å². The van der Waals surface area contributed by atoms with Gasteiger partial charge in [0.2, 0.25) is 0 Å². The number of aromatic nitrogens is 2. The minimum Gasteiger partial charge on any atom is -0.423 e. The number of fused-ring (bicyclic) bond motifs is 1. The molecule has 1 aromatic carbocycles. The first-order valence-corrected chi connectivity index (χ1v) is 7.40. The average Bonchev–Trinajstić information content (AvgIpc) is 2.94. The molecule has 0 radical (unpaired) electrons. The van der Waals surface area contributed by atoms with E-state index in [4.69, 9.17) is 4.42 Å². The first kappa shape index (κ1) is 13.1. The normalized spacial score (nSPS) is 12.0. The van der Waals surface area contributed by atoms with E-state index in [9.17, 15) is 0 Å². The lowest BCUT2D eigenvalue weighted by molar-refractivity contribution is 0.573. The molecule has 104 valence electrons. The van der Waals surface area contributed by atoms with Gasteiger partial charge in [-0.25, -0.2) is 4.98 Å². The van der Waals surface area contributed by atoms with Gasteiger partial charge in [-0.05, 0) is 24.6 Å². The Morgan fingerprint density at radius 3 is 2.70 bits per heavy atom. The van der Waals surface area contributed by atoms with E-state index in [2.05, 4.69) is 41.4 Å². The number of hydrogen-bond acceptors (Lipinski definition) is 5. The zero-order valence-electron chi connectivity index (χ0n) is 12.0. The van der Waals surface area contributed by atoms with Crippen molar-refractivity contribution in [1.29, 1.82) is 0 Å². The molecule has 2 heterocycles. The van der Waals surface area contributed by atoms with E-state index in [1.165, 1.54) is 5.56 Å². The molecule has 0 saturated heterocycles. The minimum absolute atomic E-state index is 0.0504. The van der Waals surface area contributed by atoms with Crippen LogP contribution in [0.5, 0.6) is 0 Å². The number of thiazole rings is 1. The van der Waals surface area contributed by atoms with E-state index < -0.39 is 0 Å². The van der Waals surface area contributed by atoms with E-state index in [0.717, 1.165) is 21.9 Å². The molecule has 0 bridgehead atoms. The molecule has 0 aliphatic rings. The molecule has 1 N–H and O–H groups in total. The molecule has 3 aromatic rings. The first-order chi connectivity index (χ1) is 9.41. The summed E-state index contributed by atoms with van der Waals surface area (Å²) in [6.45, 7) is 8.48. The molecule has 0 saturated carbocycles. The molecule has 0 aliphatic heterocycles. The molecule has 2 aromatic heterocycles. The number of anilines is 2. The highest BCUT2D eigenvalue weighted by molar-refractivity contribution is 7.13. The molecule has 0 fully saturated rings. The summed E-state index contributed by atoms with van der Waals surface area (Å²) in [6, 6.07) is 6.44. The Hall–Kier alpha value is -1.88. The van der Waals surface area contributed by atoms with Gasteiger partial charge in [0, 0.05) is 10.8 Å². The van der Waals surface area contributed by atoms with Gasteiger partial charge < -0.3 is 4.42 Å². The van der Waals surface area contributed by atoms with Gasteiger partial charge in [-0.3, -0.25) is 5.32 Å². The lowest BCUT2D eigenvalue weighted by atomic mass is 9.93. The molecular formula is C15H17N3OS. The minimum atomic E-state index is 0.0504. The van der Waals surface area contributed by atoms with E-state index in [1.807, 2.05) is 25.1 Å². The van der Waals surface area contributed by atoms with Crippen molar-refractivity contribution in [2.75, 3.05) is 5.32 Å². The number of nitrogens with zero attached hydrogens (tertiary/aromatic N) is 2. The summed E-state index contributed by atoms with van der Waals surface area (Å²) in [5, 5.41) is 6.00. The summed E-state index contributed by atoms with van der Waals surface area (Å²) in [5.41, 5.74) is 3.93. The Labute approximate surface area is 121 Å². The first-order valence-electron chi connectivity index (χ1n) is 6.52. The van der Waals surface area contributed by atoms with Crippen LogP contribution in [0.1, 0.15) is 32.0 Å². The summed E-state index contributed by atoms with van der Waals surface area (Å²) in [5.74, 6) is 0. The Balaban J connectivity index is 1.87. The lowest BCUT2D eigenvalue weighted by Gasteiger charge is -2.13. The van der Waals surface area contributed by atoms with Gasteiger partial charge in [-0.1, -0.05) is 26.8 Å². The highest BCUT2D eigenvalue weighted by atomic mass is 32.1. The van der Waals surface area contributed by atoms with Gasteiger partial charge in [-0.2, -0.15) is 4.98 Å². The molecule has 0 unspecified atom stereocenters. The molecule has 5 heteroatoms. The smallest absolute Gasteiger partial charge is 0.302 e. The Kier molecular flexibility index (Phi) is 3.01. The molecule has 3 rings (SSSR count). The second-order valence-corrected chi connectivity index (χ2v) is 6.76. The maximum Gasteiger partial charge on any atom is 0.302 e. The van der Waals surface area contributed by atoms with Crippen LogP contribution in [0.25, 0.3) is 11.1 Å². The highest BCUT2D eigenvalue weighted by Crippen LogP contribution is 2.29. The quantitative estimate of drug-likeness (QED) is 0.746. The third-order valence-electron chi connectivity index (χ3n) is 3.03. The zero-order chi connectivity index (χ0) is 14.3. The summed E-state index contributed by atoms with van der Waals surface area (Å²) < 4.78 is 5.67. The fourth-order valence-corrected chi connectivity index (χ4v) is 2.78. The molecule has 0 atom stereocenters. The van der Waals surface area contributed by atoms with Crippen LogP contribution in [0.3, 0.4) is 0 Å². The van der Waals surface area contributed by atoms with Gasteiger partial charge in [-0.15, -0.1) is 11.3 Å². The van der Waals surface area contributed by atoms with Gasteiger partial charge in [0.1, 0.15) is 5.52 Å². The maximum atomic E-state index is 5.67. The third kappa shape index (κ3) is 2.54. The van der Waals surface area contributed by atoms with Crippen molar-refractivity contribution in [2.45, 2.75) is 33.1 Å². The second kappa shape index (κ2) is 4.59. The fourth-order valence-electron chi connectivity index (χ4n) is 1.86. The van der Waals surface area contributed by atoms with Crippen molar-refractivity contribution in [3.05, 3.63) is 34.8 Å². The molecule has 0 amide bonds. The van der Waals surface area contributed by atoms with E-state index in [-0.39, 0.29) is 5.41 Å². The monoisotopic (exact) mass is 287 g/mol. The SMILES string of the molecule is Cc1ccc2oc(Nc3nc(C(C)(C)C)cs3)nc2c1. The van der Waals surface area contributed by atoms with Gasteiger partial charge in [0.25, 0.3) is 0 Å². The van der Waals surface area contributed by atoms with E-state index >= 15 is 0 Å². The van der Waals surface area contributed by atoms with Crippen molar-refractivity contribution in [3.63, 3.8) is 0 Å². The number of rotatable bonds is 2. The highest BCUT2D eigenvalue weighted by Gasteiger charge is 2.18. The van der Waals surface area contributed by atoms with Crippen LogP contribution >= 0.6 is 11.3 Å². The number of aryl methyl sites for hydroxylation is 1. The summed E-state index contributed by atoms with van der Waals surface area (Å²) in [6.07, 6.45) is 0. The number of hydrogen-bond donors (Lipinski definition) is 1. The van der Waals surface area contributed by atoms with Crippen LogP contribution in [0.15, 0.2) is 28.0 Å². The van der Waals surface area contributed by atoms with Crippen LogP contribution in [0.2, 0.25) is 0 Å². The largest absolute Gasteiger partial charge is 0.423 e. The molecule has 4 nitrogen and oxygen atoms in total. The second-order valence-electron chi connectivity index (χ2n) is 5.90. The van der Waals surface area contributed by atoms with Crippen molar-refractivity contribution in [2.24, 2.45) is 0 Å². The van der Waals surface area contributed by atoms with Gasteiger partial charge in [0.15, 0.2) is 10.7 Å². The number of nitrogens with one attached hydrogen (secondary N) is 1. The Morgan fingerprint density at radius 1 is 1.20 bits per heavy atom. The maximum absolute atomic E-state index is 5.67. The van der Waals surface area contributed by atoms with Crippen LogP contribution in [0, 0.1) is 6.92 Å². The molecular weight excluding hydrogens is 270 g/mol. The Bertz CT molecular complexity index is 752. The third-order valence-corrected chi connectivity index (χ3v) is 3.79. The van der Waals surface area contributed by atoms with Crippen molar-refractivity contribution < 1.29 is 4.42 Å². The molecule has 0 spiro atoms. The summed E-state index contributed by atoms with van der Waals surface area (Å²) in [4.78, 5) is 9.00. The lowest BCUT2D eigenvalue weighted by Crippen LogP contribution is -2.11. The Morgan fingerprint density at radius 2 is 2.00 bits per heavy atom. The van der Waals surface area contributed by atoms with E-state index in [1.54, 1.807) is 11.3 Å². The number of oxazole rings is 1. The topological polar surface area (TPSA) is 51.0 Å². The van der Waals surface area contributed by atoms with Gasteiger partial charge >= 0.3 is 6.01 Å². The summed E-state index contributed by atoms with van der Waals surface area (Å²) in [7, 11) is 0. The molecule has 20 heavy (non-hydrogen) atoms. The average molecular weight is 287 g/mol. The fraction of sp³-hybridized carbons (Fsp3) is 0.333. The van der Waals surface area contributed by atoms with Crippen molar-refractivity contribution >= 4 is 33.6 Å². The predicted octanol–water partition coefficient (Wildman–Crippen LogP) is 4.63. The van der Waals surface area contributed by atoms with Crippen LogP contribution < -0.4 is 5.32 Å². The molecule has 0 aliphatic carbocycles. The zero-order valence-corrected chi connectivity index (χ0v) is 12.8. The van der Waals surface area contributed by atoms with Crippen LogP contribution in [-0.4, -0.2) is 9.97 Å². The van der Waals surface area contributed by atoms with Crippen LogP contribution in [0.4, 0.5) is 11.1 Å². The van der Waals surface area contributed by atoms with Crippen molar-refractivity contribution in [3.8, 4) is 0 Å². The van der Waals surface area contributed by atoms with Gasteiger partial charge in [0.05, 0.1) is 5.69 Å². The standard InChI is InChI=1S/C15H17N3OS/c1-9-5-6-11-10(7-9)16-13(19-11)18-14-17-12(8-20-14)15(2,3)4/h5-8H,1-4H3,(H,16,17,18). The van der Waals surface area contributed by atoms with E-state index in [0.29, 0.717) is 6.01 Å². The number of benzene rings is 1. The predicted molar refractivity (Wildman–Crippen MR) is 82.8 cm³/mol. The van der Waals surface area contributed by atoms with Crippen LogP contribution in [-0.2, 0) is 5.41 Å².